The summed E-state index contributed by atoms with van der Waals surface area (Å²) in [6.45, 7) is 0.485. The van der Waals surface area contributed by atoms with Crippen molar-refractivity contribution in [2.45, 2.75) is 13.0 Å². The first kappa shape index (κ1) is 10.8. The van der Waals surface area contributed by atoms with Gasteiger partial charge in [0.1, 0.15) is 0 Å². The van der Waals surface area contributed by atoms with Crippen molar-refractivity contribution >= 4 is 6.03 Å². The zero-order valence-electron chi connectivity index (χ0n) is 9.94. The summed E-state index contributed by atoms with van der Waals surface area (Å²) in [4.78, 5) is 10.7. The number of hydrogen-bond acceptors (Lipinski definition) is 1. The predicted octanol–water partition coefficient (Wildman–Crippen LogP) is 2.43. The monoisotopic (exact) mass is 238 g/mol. The second-order valence-corrected chi connectivity index (χ2v) is 4.54. The van der Waals surface area contributed by atoms with Gasteiger partial charge in [0.05, 0.1) is 0 Å². The lowest BCUT2D eigenvalue weighted by molar-refractivity contribution is 0.248. The van der Waals surface area contributed by atoms with E-state index in [0.29, 0.717) is 6.54 Å². The number of amides is 2. The molecule has 2 amide bonds. The molecule has 0 radical (unpaired) electrons. The number of carbonyl (C=O) groups is 1. The highest BCUT2D eigenvalue weighted by Crippen LogP contribution is 2.36. The fourth-order valence-corrected chi connectivity index (χ4v) is 2.50. The Morgan fingerprint density at radius 2 is 1.89 bits per heavy atom. The van der Waals surface area contributed by atoms with Crippen LogP contribution in [0, 0.1) is 0 Å². The molecule has 1 aliphatic carbocycles. The molecule has 3 N–H and O–H groups in total. The molecule has 0 aromatic heterocycles. The quantitative estimate of drug-likeness (QED) is 0.707. The molecule has 2 aromatic carbocycles. The van der Waals surface area contributed by atoms with Crippen molar-refractivity contribution in [3.05, 3.63) is 59.2 Å². The number of rotatable bonds is 2. The van der Waals surface area contributed by atoms with Crippen LogP contribution in [0.2, 0.25) is 0 Å². The summed E-state index contributed by atoms with van der Waals surface area (Å²) in [6, 6.07) is 14.3. The van der Waals surface area contributed by atoms with Crippen molar-refractivity contribution in [2.75, 3.05) is 0 Å². The van der Waals surface area contributed by atoms with E-state index in [-0.39, 0.29) is 0 Å². The zero-order chi connectivity index (χ0) is 12.5. The van der Waals surface area contributed by atoms with E-state index in [1.807, 2.05) is 6.07 Å². The van der Waals surface area contributed by atoms with Gasteiger partial charge in [-0.1, -0.05) is 42.5 Å². The van der Waals surface area contributed by atoms with E-state index in [1.165, 1.54) is 22.3 Å². The molecule has 2 aromatic rings. The molecular weight excluding hydrogens is 224 g/mol. The van der Waals surface area contributed by atoms with Gasteiger partial charge in [0.15, 0.2) is 0 Å². The van der Waals surface area contributed by atoms with Crippen molar-refractivity contribution in [1.29, 1.82) is 0 Å². The highest BCUT2D eigenvalue weighted by molar-refractivity contribution is 5.77. The highest BCUT2D eigenvalue weighted by Gasteiger charge is 2.17. The van der Waals surface area contributed by atoms with Gasteiger partial charge >= 0.3 is 6.03 Å². The number of hydrogen-bond donors (Lipinski definition) is 2. The SMILES string of the molecule is NC(=O)NCc1ccc2c(c1)Cc1ccccc1-2. The summed E-state index contributed by atoms with van der Waals surface area (Å²) < 4.78 is 0. The first-order chi connectivity index (χ1) is 8.74. The van der Waals surface area contributed by atoms with Gasteiger partial charge in [-0.05, 0) is 34.2 Å². The van der Waals surface area contributed by atoms with Crippen LogP contribution >= 0.6 is 0 Å². The van der Waals surface area contributed by atoms with Crippen molar-refractivity contribution in [3.8, 4) is 11.1 Å². The largest absolute Gasteiger partial charge is 0.352 e. The average molecular weight is 238 g/mol. The highest BCUT2D eigenvalue weighted by atomic mass is 16.2. The average Bonchev–Trinajstić information content (AvgIpc) is 2.73. The molecule has 0 atom stereocenters. The van der Waals surface area contributed by atoms with Crippen molar-refractivity contribution in [1.82, 2.24) is 5.32 Å². The van der Waals surface area contributed by atoms with Crippen LogP contribution in [0.15, 0.2) is 42.5 Å². The summed E-state index contributed by atoms with van der Waals surface area (Å²) in [5.74, 6) is 0. The van der Waals surface area contributed by atoms with Crippen LogP contribution in [-0.4, -0.2) is 6.03 Å². The molecule has 0 spiro atoms. The summed E-state index contributed by atoms with van der Waals surface area (Å²) in [5.41, 5.74) is 11.5. The first-order valence-electron chi connectivity index (χ1n) is 5.97. The standard InChI is InChI=1S/C15H14N2O/c16-15(18)17-9-10-5-6-14-12(7-10)8-11-3-1-2-4-13(11)14/h1-7H,8-9H2,(H3,16,17,18). The topological polar surface area (TPSA) is 55.1 Å². The maximum Gasteiger partial charge on any atom is 0.312 e. The molecule has 3 heteroatoms. The molecule has 0 unspecified atom stereocenters. The maximum atomic E-state index is 10.7. The van der Waals surface area contributed by atoms with E-state index in [9.17, 15) is 4.79 Å². The second-order valence-electron chi connectivity index (χ2n) is 4.54. The molecule has 3 nitrogen and oxygen atoms in total. The summed E-state index contributed by atoms with van der Waals surface area (Å²) >= 11 is 0. The zero-order valence-corrected chi connectivity index (χ0v) is 9.94. The molecule has 18 heavy (non-hydrogen) atoms. The Morgan fingerprint density at radius 3 is 2.72 bits per heavy atom. The smallest absolute Gasteiger partial charge is 0.312 e. The third kappa shape index (κ3) is 1.84. The molecule has 0 fully saturated rings. The molecule has 0 bridgehead atoms. The fourth-order valence-electron chi connectivity index (χ4n) is 2.50. The number of nitrogens with one attached hydrogen (secondary N) is 1. The van der Waals surface area contributed by atoms with Gasteiger partial charge in [0.25, 0.3) is 0 Å². The van der Waals surface area contributed by atoms with E-state index in [2.05, 4.69) is 41.7 Å². The van der Waals surface area contributed by atoms with Gasteiger partial charge in [-0.3, -0.25) is 0 Å². The minimum Gasteiger partial charge on any atom is -0.352 e. The van der Waals surface area contributed by atoms with Gasteiger partial charge in [-0.25, -0.2) is 4.79 Å². The van der Waals surface area contributed by atoms with E-state index < -0.39 is 6.03 Å². The number of carbonyl (C=O) groups excluding carboxylic acids is 1. The molecule has 0 saturated heterocycles. The number of nitrogens with two attached hydrogens (primary N) is 1. The van der Waals surface area contributed by atoms with Gasteiger partial charge in [-0.2, -0.15) is 0 Å². The Kier molecular flexibility index (Phi) is 2.52. The van der Waals surface area contributed by atoms with E-state index in [4.69, 9.17) is 5.73 Å². The Labute approximate surface area is 106 Å². The van der Waals surface area contributed by atoms with Crippen LogP contribution in [0.3, 0.4) is 0 Å². The lowest BCUT2D eigenvalue weighted by Crippen LogP contribution is -2.28. The molecule has 0 saturated carbocycles. The van der Waals surface area contributed by atoms with Crippen LogP contribution < -0.4 is 11.1 Å². The minimum absolute atomic E-state index is 0.485. The van der Waals surface area contributed by atoms with Crippen molar-refractivity contribution < 1.29 is 4.79 Å². The summed E-state index contributed by atoms with van der Waals surface area (Å²) in [7, 11) is 0. The van der Waals surface area contributed by atoms with Crippen LogP contribution in [0.4, 0.5) is 4.79 Å². The van der Waals surface area contributed by atoms with Crippen LogP contribution in [-0.2, 0) is 13.0 Å². The lowest BCUT2D eigenvalue weighted by atomic mass is 10.0. The molecular formula is C15H14N2O. The summed E-state index contributed by atoms with van der Waals surface area (Å²) in [6.07, 6.45) is 0.968. The Bertz CT molecular complexity index is 620. The predicted molar refractivity (Wildman–Crippen MR) is 71.1 cm³/mol. The van der Waals surface area contributed by atoms with Gasteiger partial charge < -0.3 is 11.1 Å². The fraction of sp³-hybridized carbons (Fsp3) is 0.133. The molecule has 90 valence electrons. The normalized spacial score (nSPS) is 11.8. The molecule has 0 heterocycles. The number of urea groups is 1. The third-order valence-corrected chi connectivity index (χ3v) is 3.32. The lowest BCUT2D eigenvalue weighted by Gasteiger charge is -2.05. The second kappa shape index (κ2) is 4.18. The van der Waals surface area contributed by atoms with E-state index >= 15 is 0 Å². The van der Waals surface area contributed by atoms with Crippen molar-refractivity contribution in [3.63, 3.8) is 0 Å². The minimum atomic E-state index is -0.487. The number of benzene rings is 2. The molecule has 1 aliphatic rings. The molecule has 0 aliphatic heterocycles. The molecule has 3 rings (SSSR count). The van der Waals surface area contributed by atoms with E-state index in [1.54, 1.807) is 0 Å². The van der Waals surface area contributed by atoms with Gasteiger partial charge in [0.2, 0.25) is 0 Å². The van der Waals surface area contributed by atoms with Gasteiger partial charge in [0, 0.05) is 6.54 Å². The first-order valence-corrected chi connectivity index (χ1v) is 5.97. The Balaban J connectivity index is 1.91. The Morgan fingerprint density at radius 1 is 1.11 bits per heavy atom. The third-order valence-electron chi connectivity index (χ3n) is 3.32. The van der Waals surface area contributed by atoms with Crippen LogP contribution in [0.25, 0.3) is 11.1 Å². The number of fused-ring (bicyclic) bond motifs is 3. The number of primary amides is 1. The summed E-state index contributed by atoms with van der Waals surface area (Å²) in [5, 5.41) is 2.61. The van der Waals surface area contributed by atoms with Crippen LogP contribution in [0.5, 0.6) is 0 Å². The van der Waals surface area contributed by atoms with Gasteiger partial charge in [-0.15, -0.1) is 0 Å². The maximum absolute atomic E-state index is 10.7. The van der Waals surface area contributed by atoms with Crippen LogP contribution in [0.1, 0.15) is 16.7 Å². The Hall–Kier alpha value is -2.29. The van der Waals surface area contributed by atoms with E-state index in [0.717, 1.165) is 12.0 Å². The van der Waals surface area contributed by atoms with Crippen molar-refractivity contribution in [2.24, 2.45) is 5.73 Å².